The molecule has 2 aromatic rings. The van der Waals surface area contributed by atoms with E-state index in [1.807, 2.05) is 24.3 Å². The lowest BCUT2D eigenvalue weighted by atomic mass is 10.3. The molecule has 0 spiro atoms. The number of nitrogens with one attached hydrogen (secondary N) is 4. The van der Waals surface area contributed by atoms with Crippen LogP contribution in [0.15, 0.2) is 30.5 Å². The monoisotopic (exact) mass is 279 g/mol. The van der Waals surface area contributed by atoms with Crippen molar-refractivity contribution in [3.05, 3.63) is 35.5 Å². The van der Waals surface area contributed by atoms with Gasteiger partial charge < -0.3 is 16.0 Å². The van der Waals surface area contributed by atoms with Crippen LogP contribution in [0, 0.1) is 0 Å². The number of amides is 1. The third-order valence-electron chi connectivity index (χ3n) is 2.40. The summed E-state index contributed by atoms with van der Waals surface area (Å²) in [5, 5.41) is 16.4. The molecule has 2 rings (SSSR count). The van der Waals surface area contributed by atoms with Gasteiger partial charge in [0.25, 0.3) is 0 Å². The maximum Gasteiger partial charge on any atom is 0.207 e. The van der Waals surface area contributed by atoms with E-state index in [0.29, 0.717) is 24.5 Å². The highest BCUT2D eigenvalue weighted by atomic mass is 35.5. The zero-order chi connectivity index (χ0) is 13.5. The third-order valence-corrected chi connectivity index (χ3v) is 2.63. The van der Waals surface area contributed by atoms with Gasteiger partial charge in [0.1, 0.15) is 11.5 Å². The zero-order valence-corrected chi connectivity index (χ0v) is 10.9. The molecular weight excluding hydrogens is 266 g/mol. The fourth-order valence-corrected chi connectivity index (χ4v) is 1.75. The van der Waals surface area contributed by atoms with Crippen LogP contribution in [0.25, 0.3) is 0 Å². The SMILES string of the molecule is O=CNCCNc1[nH]ncc1Nc1cccc(Cl)c1. The fourth-order valence-electron chi connectivity index (χ4n) is 1.56. The molecule has 0 aliphatic heterocycles. The number of carbonyl (C=O) groups excluding carboxylic acids is 1. The van der Waals surface area contributed by atoms with E-state index in [1.54, 1.807) is 6.20 Å². The molecular formula is C12H14ClN5O. The van der Waals surface area contributed by atoms with Crippen LogP contribution in [-0.4, -0.2) is 29.7 Å². The van der Waals surface area contributed by atoms with Gasteiger partial charge in [0.2, 0.25) is 6.41 Å². The van der Waals surface area contributed by atoms with Gasteiger partial charge in [0.05, 0.1) is 6.20 Å². The van der Waals surface area contributed by atoms with Crippen LogP contribution in [0.3, 0.4) is 0 Å². The summed E-state index contributed by atoms with van der Waals surface area (Å²) in [6, 6.07) is 7.42. The first-order chi connectivity index (χ1) is 9.29. The van der Waals surface area contributed by atoms with Gasteiger partial charge in [-0.1, -0.05) is 17.7 Å². The van der Waals surface area contributed by atoms with Crippen molar-refractivity contribution in [2.45, 2.75) is 0 Å². The van der Waals surface area contributed by atoms with Crippen molar-refractivity contribution in [2.75, 3.05) is 23.7 Å². The summed E-state index contributed by atoms with van der Waals surface area (Å²) in [7, 11) is 0. The largest absolute Gasteiger partial charge is 0.367 e. The van der Waals surface area contributed by atoms with Gasteiger partial charge in [-0.05, 0) is 18.2 Å². The number of benzene rings is 1. The van der Waals surface area contributed by atoms with Gasteiger partial charge >= 0.3 is 0 Å². The molecule has 0 radical (unpaired) electrons. The number of hydrogen-bond acceptors (Lipinski definition) is 4. The van der Waals surface area contributed by atoms with E-state index < -0.39 is 0 Å². The first-order valence-electron chi connectivity index (χ1n) is 5.76. The number of anilines is 3. The molecule has 0 unspecified atom stereocenters. The molecule has 6 nitrogen and oxygen atoms in total. The Balaban J connectivity index is 1.97. The first kappa shape index (κ1) is 13.2. The van der Waals surface area contributed by atoms with Crippen molar-refractivity contribution in [1.82, 2.24) is 15.5 Å². The number of carbonyl (C=O) groups is 1. The van der Waals surface area contributed by atoms with Gasteiger partial charge in [-0.2, -0.15) is 5.10 Å². The fraction of sp³-hybridized carbons (Fsp3) is 0.167. The summed E-state index contributed by atoms with van der Waals surface area (Å²) >= 11 is 5.92. The second-order valence-corrected chi connectivity index (χ2v) is 4.23. The maximum absolute atomic E-state index is 10.1. The highest BCUT2D eigenvalue weighted by Crippen LogP contribution is 2.24. The van der Waals surface area contributed by atoms with E-state index in [4.69, 9.17) is 11.6 Å². The van der Waals surface area contributed by atoms with Crippen molar-refractivity contribution in [3.63, 3.8) is 0 Å². The van der Waals surface area contributed by atoms with Gasteiger partial charge in [-0.15, -0.1) is 0 Å². The maximum atomic E-state index is 10.1. The minimum atomic E-state index is 0.541. The third kappa shape index (κ3) is 3.89. The lowest BCUT2D eigenvalue weighted by Crippen LogP contribution is -2.20. The summed E-state index contributed by atoms with van der Waals surface area (Å²) in [4.78, 5) is 10.1. The minimum Gasteiger partial charge on any atom is -0.367 e. The van der Waals surface area contributed by atoms with Crippen molar-refractivity contribution < 1.29 is 4.79 Å². The highest BCUT2D eigenvalue weighted by Gasteiger charge is 2.04. The average molecular weight is 280 g/mol. The topological polar surface area (TPSA) is 81.8 Å². The van der Waals surface area contributed by atoms with Crippen LogP contribution in [0.1, 0.15) is 0 Å². The zero-order valence-electron chi connectivity index (χ0n) is 10.1. The molecule has 19 heavy (non-hydrogen) atoms. The Morgan fingerprint density at radius 1 is 1.37 bits per heavy atom. The van der Waals surface area contributed by atoms with Gasteiger partial charge in [0, 0.05) is 23.8 Å². The lowest BCUT2D eigenvalue weighted by Gasteiger charge is -2.08. The van der Waals surface area contributed by atoms with E-state index in [2.05, 4.69) is 26.1 Å². The number of aromatic amines is 1. The quantitative estimate of drug-likeness (QED) is 0.461. The Bertz CT molecular complexity index is 542. The molecule has 0 aliphatic rings. The van der Waals surface area contributed by atoms with Crippen LogP contribution in [-0.2, 0) is 4.79 Å². The Kier molecular flexibility index (Phi) is 4.63. The van der Waals surface area contributed by atoms with Crippen LogP contribution in [0.4, 0.5) is 17.2 Å². The van der Waals surface area contributed by atoms with Crippen molar-refractivity contribution in [2.24, 2.45) is 0 Å². The molecule has 1 aromatic carbocycles. The summed E-state index contributed by atoms with van der Waals surface area (Å²) in [6.45, 7) is 1.14. The van der Waals surface area contributed by atoms with Crippen molar-refractivity contribution in [3.8, 4) is 0 Å². The van der Waals surface area contributed by atoms with Crippen molar-refractivity contribution in [1.29, 1.82) is 0 Å². The van der Waals surface area contributed by atoms with Gasteiger partial charge in [-0.25, -0.2) is 0 Å². The van der Waals surface area contributed by atoms with Gasteiger partial charge in [0.15, 0.2) is 0 Å². The smallest absolute Gasteiger partial charge is 0.207 e. The molecule has 1 heterocycles. The summed E-state index contributed by atoms with van der Waals surface area (Å²) in [6.07, 6.45) is 2.34. The number of nitrogens with zero attached hydrogens (tertiary/aromatic N) is 1. The van der Waals surface area contributed by atoms with E-state index in [-0.39, 0.29) is 0 Å². The van der Waals surface area contributed by atoms with Crippen molar-refractivity contribution >= 4 is 35.2 Å². The molecule has 7 heteroatoms. The molecule has 0 saturated heterocycles. The second kappa shape index (κ2) is 6.65. The minimum absolute atomic E-state index is 0.541. The Labute approximate surface area is 115 Å². The van der Waals surface area contributed by atoms with Crippen LogP contribution in [0.2, 0.25) is 5.02 Å². The van der Waals surface area contributed by atoms with Crippen LogP contribution in [0.5, 0.6) is 0 Å². The molecule has 0 saturated carbocycles. The van der Waals surface area contributed by atoms with Crippen LogP contribution >= 0.6 is 11.6 Å². The molecule has 0 fully saturated rings. The molecule has 100 valence electrons. The number of aromatic nitrogens is 2. The summed E-state index contributed by atoms with van der Waals surface area (Å²) in [5.74, 6) is 0.757. The predicted octanol–water partition coefficient (Wildman–Crippen LogP) is 1.96. The number of rotatable bonds is 7. The number of H-pyrrole nitrogens is 1. The second-order valence-electron chi connectivity index (χ2n) is 3.79. The average Bonchev–Trinajstić information content (AvgIpc) is 2.82. The Hall–Kier alpha value is -2.21. The van der Waals surface area contributed by atoms with Crippen LogP contribution < -0.4 is 16.0 Å². The summed E-state index contributed by atoms with van der Waals surface area (Å²) < 4.78 is 0. The Morgan fingerprint density at radius 3 is 3.05 bits per heavy atom. The van der Waals surface area contributed by atoms with E-state index in [9.17, 15) is 4.79 Å². The predicted molar refractivity (Wildman–Crippen MR) is 75.9 cm³/mol. The molecule has 0 aliphatic carbocycles. The molecule has 1 aromatic heterocycles. The molecule has 0 atom stereocenters. The molecule has 0 bridgehead atoms. The van der Waals surface area contributed by atoms with Gasteiger partial charge in [-0.3, -0.25) is 9.89 Å². The molecule has 4 N–H and O–H groups in total. The normalized spacial score (nSPS) is 9.95. The van der Waals surface area contributed by atoms with E-state index in [1.165, 1.54) is 0 Å². The lowest BCUT2D eigenvalue weighted by molar-refractivity contribution is -0.109. The van der Waals surface area contributed by atoms with E-state index >= 15 is 0 Å². The first-order valence-corrected chi connectivity index (χ1v) is 6.14. The highest BCUT2D eigenvalue weighted by molar-refractivity contribution is 6.30. The Morgan fingerprint density at radius 2 is 2.26 bits per heavy atom. The number of halogens is 1. The summed E-state index contributed by atoms with van der Waals surface area (Å²) in [5.41, 5.74) is 1.69. The molecule has 1 amide bonds. The standard InChI is InChI=1S/C12H14ClN5O/c13-9-2-1-3-10(6-9)17-11-7-16-18-12(11)15-5-4-14-8-19/h1-3,6-8,17H,4-5H2,(H,14,19)(H2,15,16,18). The van der Waals surface area contributed by atoms with E-state index in [0.717, 1.165) is 17.2 Å². The number of hydrogen-bond donors (Lipinski definition) is 4.